The number of benzene rings is 1. The topological polar surface area (TPSA) is 26.0 Å². The molecule has 0 aliphatic heterocycles. The van der Waals surface area contributed by atoms with Gasteiger partial charge >= 0.3 is 0 Å². The molecular weight excluding hydrogens is 229 g/mol. The van der Waals surface area contributed by atoms with Crippen LogP contribution in [-0.4, -0.2) is 6.04 Å². The molecule has 2 unspecified atom stereocenters. The minimum Gasteiger partial charge on any atom is -0.327 e. The molecule has 0 aromatic heterocycles. The SMILES string of the molecule is NC1CC=CCC1c1ccc(Cl)cc1Cl. The van der Waals surface area contributed by atoms with E-state index >= 15 is 0 Å². The van der Waals surface area contributed by atoms with Gasteiger partial charge in [-0.05, 0) is 30.5 Å². The summed E-state index contributed by atoms with van der Waals surface area (Å²) in [5.74, 6) is 0.319. The van der Waals surface area contributed by atoms with Crippen molar-refractivity contribution >= 4 is 23.2 Å². The van der Waals surface area contributed by atoms with Crippen molar-refractivity contribution in [3.63, 3.8) is 0 Å². The number of halogens is 2. The molecule has 80 valence electrons. The molecule has 0 heterocycles. The maximum absolute atomic E-state index is 6.16. The van der Waals surface area contributed by atoms with Crippen LogP contribution in [0.1, 0.15) is 24.3 Å². The van der Waals surface area contributed by atoms with Crippen LogP contribution in [-0.2, 0) is 0 Å². The molecule has 0 spiro atoms. The first-order chi connectivity index (χ1) is 7.18. The molecule has 1 aliphatic carbocycles. The van der Waals surface area contributed by atoms with Crippen molar-refractivity contribution in [2.75, 3.05) is 0 Å². The Kier molecular flexibility index (Phi) is 3.35. The average Bonchev–Trinajstić information content (AvgIpc) is 2.20. The van der Waals surface area contributed by atoms with E-state index in [0.717, 1.165) is 23.4 Å². The third-order valence-electron chi connectivity index (χ3n) is 2.84. The van der Waals surface area contributed by atoms with Crippen LogP contribution in [0.15, 0.2) is 30.4 Å². The monoisotopic (exact) mass is 241 g/mol. The molecule has 2 rings (SSSR count). The van der Waals surface area contributed by atoms with Gasteiger partial charge in [-0.1, -0.05) is 41.4 Å². The zero-order chi connectivity index (χ0) is 10.8. The van der Waals surface area contributed by atoms with Gasteiger partial charge in [-0.2, -0.15) is 0 Å². The van der Waals surface area contributed by atoms with Crippen LogP contribution >= 0.6 is 23.2 Å². The second kappa shape index (κ2) is 4.56. The molecule has 0 amide bonds. The second-order valence-corrected chi connectivity index (χ2v) is 4.72. The van der Waals surface area contributed by atoms with E-state index < -0.39 is 0 Å². The molecular formula is C12H13Cl2N. The fourth-order valence-electron chi connectivity index (χ4n) is 2.00. The van der Waals surface area contributed by atoms with Gasteiger partial charge in [-0.25, -0.2) is 0 Å². The Hall–Kier alpha value is -0.500. The van der Waals surface area contributed by atoms with E-state index in [1.54, 1.807) is 6.07 Å². The lowest BCUT2D eigenvalue weighted by atomic mass is 9.84. The number of hydrogen-bond donors (Lipinski definition) is 1. The van der Waals surface area contributed by atoms with Gasteiger partial charge in [0, 0.05) is 22.0 Å². The maximum atomic E-state index is 6.16. The highest BCUT2D eigenvalue weighted by Crippen LogP contribution is 2.34. The van der Waals surface area contributed by atoms with E-state index in [9.17, 15) is 0 Å². The zero-order valence-electron chi connectivity index (χ0n) is 8.29. The minimum atomic E-state index is 0.161. The molecule has 0 saturated heterocycles. The van der Waals surface area contributed by atoms with Crippen LogP contribution in [0, 0.1) is 0 Å². The Morgan fingerprint density at radius 1 is 1.13 bits per heavy atom. The molecule has 2 N–H and O–H groups in total. The summed E-state index contributed by atoms with van der Waals surface area (Å²) in [5.41, 5.74) is 7.18. The van der Waals surface area contributed by atoms with Gasteiger partial charge in [0.15, 0.2) is 0 Å². The molecule has 0 bridgehead atoms. The van der Waals surface area contributed by atoms with Gasteiger partial charge in [-0.15, -0.1) is 0 Å². The summed E-state index contributed by atoms with van der Waals surface area (Å²) in [6, 6.07) is 5.79. The summed E-state index contributed by atoms with van der Waals surface area (Å²) in [6.45, 7) is 0. The quantitative estimate of drug-likeness (QED) is 0.745. The minimum absolute atomic E-state index is 0.161. The molecule has 1 aliphatic rings. The number of nitrogens with two attached hydrogens (primary N) is 1. The predicted molar refractivity (Wildman–Crippen MR) is 65.6 cm³/mol. The molecule has 15 heavy (non-hydrogen) atoms. The molecule has 0 saturated carbocycles. The highest BCUT2D eigenvalue weighted by molar-refractivity contribution is 6.35. The summed E-state index contributed by atoms with van der Waals surface area (Å²) >= 11 is 12.0. The average molecular weight is 242 g/mol. The Balaban J connectivity index is 2.32. The third-order valence-corrected chi connectivity index (χ3v) is 3.41. The van der Waals surface area contributed by atoms with Crippen LogP contribution in [0.25, 0.3) is 0 Å². The van der Waals surface area contributed by atoms with Crippen molar-refractivity contribution in [1.29, 1.82) is 0 Å². The Morgan fingerprint density at radius 3 is 2.53 bits per heavy atom. The lowest BCUT2D eigenvalue weighted by Crippen LogP contribution is -2.29. The summed E-state index contributed by atoms with van der Waals surface area (Å²) in [6.07, 6.45) is 6.18. The van der Waals surface area contributed by atoms with Gasteiger partial charge in [0.1, 0.15) is 0 Å². The first kappa shape index (κ1) is 11.0. The molecule has 1 aromatic rings. The van der Waals surface area contributed by atoms with Gasteiger partial charge in [0.25, 0.3) is 0 Å². The summed E-state index contributed by atoms with van der Waals surface area (Å²) in [5, 5.41) is 1.39. The van der Waals surface area contributed by atoms with E-state index in [2.05, 4.69) is 12.2 Å². The molecule has 3 heteroatoms. The Labute approximate surface area is 99.9 Å². The smallest absolute Gasteiger partial charge is 0.0456 e. The molecule has 0 radical (unpaired) electrons. The van der Waals surface area contributed by atoms with E-state index in [1.165, 1.54) is 0 Å². The molecule has 1 aromatic carbocycles. The number of allylic oxidation sites excluding steroid dienone is 1. The molecule has 2 atom stereocenters. The highest BCUT2D eigenvalue weighted by atomic mass is 35.5. The van der Waals surface area contributed by atoms with Crippen molar-refractivity contribution in [2.24, 2.45) is 5.73 Å². The largest absolute Gasteiger partial charge is 0.327 e. The first-order valence-corrected chi connectivity index (χ1v) is 5.79. The van der Waals surface area contributed by atoms with E-state index in [4.69, 9.17) is 28.9 Å². The van der Waals surface area contributed by atoms with Gasteiger partial charge in [0.05, 0.1) is 0 Å². The summed E-state index contributed by atoms with van der Waals surface area (Å²) in [4.78, 5) is 0. The van der Waals surface area contributed by atoms with Gasteiger partial charge in [-0.3, -0.25) is 0 Å². The van der Waals surface area contributed by atoms with Crippen molar-refractivity contribution in [3.05, 3.63) is 46.0 Å². The predicted octanol–water partition coefficient (Wildman–Crippen LogP) is 3.75. The highest BCUT2D eigenvalue weighted by Gasteiger charge is 2.22. The normalized spacial score (nSPS) is 25.5. The Bertz CT molecular complexity index is 387. The van der Waals surface area contributed by atoms with Crippen molar-refractivity contribution in [1.82, 2.24) is 0 Å². The summed E-state index contributed by atoms with van der Waals surface area (Å²) < 4.78 is 0. The van der Waals surface area contributed by atoms with Crippen LogP contribution in [0.5, 0.6) is 0 Å². The number of rotatable bonds is 1. The van der Waals surface area contributed by atoms with Crippen LogP contribution in [0.3, 0.4) is 0 Å². The van der Waals surface area contributed by atoms with Crippen molar-refractivity contribution < 1.29 is 0 Å². The molecule has 0 fully saturated rings. The first-order valence-electron chi connectivity index (χ1n) is 5.04. The maximum Gasteiger partial charge on any atom is 0.0456 e. The van der Waals surface area contributed by atoms with Gasteiger partial charge in [0.2, 0.25) is 0 Å². The number of hydrogen-bond acceptors (Lipinski definition) is 1. The lowest BCUT2D eigenvalue weighted by Gasteiger charge is -2.26. The van der Waals surface area contributed by atoms with E-state index in [1.807, 2.05) is 12.1 Å². The van der Waals surface area contributed by atoms with Crippen molar-refractivity contribution in [3.8, 4) is 0 Å². The standard InChI is InChI=1S/C12H13Cl2N/c13-8-5-6-9(11(14)7-8)10-3-1-2-4-12(10)15/h1-2,5-7,10,12H,3-4,15H2. The van der Waals surface area contributed by atoms with E-state index in [-0.39, 0.29) is 6.04 Å². The van der Waals surface area contributed by atoms with Crippen LogP contribution in [0.2, 0.25) is 10.0 Å². The zero-order valence-corrected chi connectivity index (χ0v) is 9.80. The fraction of sp³-hybridized carbons (Fsp3) is 0.333. The second-order valence-electron chi connectivity index (χ2n) is 3.88. The van der Waals surface area contributed by atoms with Crippen LogP contribution < -0.4 is 5.73 Å². The fourth-order valence-corrected chi connectivity index (χ4v) is 2.54. The van der Waals surface area contributed by atoms with Crippen LogP contribution in [0.4, 0.5) is 0 Å². The third kappa shape index (κ3) is 2.36. The molecule has 1 nitrogen and oxygen atoms in total. The van der Waals surface area contributed by atoms with Gasteiger partial charge < -0.3 is 5.73 Å². The Morgan fingerprint density at radius 2 is 1.87 bits per heavy atom. The lowest BCUT2D eigenvalue weighted by molar-refractivity contribution is 0.521. The van der Waals surface area contributed by atoms with E-state index in [0.29, 0.717) is 10.9 Å². The summed E-state index contributed by atoms with van der Waals surface area (Å²) in [7, 11) is 0. The van der Waals surface area contributed by atoms with Crippen molar-refractivity contribution in [2.45, 2.75) is 24.8 Å².